The van der Waals surface area contributed by atoms with E-state index in [9.17, 15) is 14.4 Å². The summed E-state index contributed by atoms with van der Waals surface area (Å²) in [7, 11) is 0. The van der Waals surface area contributed by atoms with E-state index in [-0.39, 0.29) is 23.8 Å². The van der Waals surface area contributed by atoms with E-state index in [1.807, 2.05) is 28.8 Å². The van der Waals surface area contributed by atoms with Gasteiger partial charge in [-0.3, -0.25) is 14.4 Å². The number of nitrogens with zero attached hydrogens (tertiary/aromatic N) is 2. The van der Waals surface area contributed by atoms with Crippen LogP contribution in [0.15, 0.2) is 12.2 Å². The van der Waals surface area contributed by atoms with Crippen LogP contribution in [-0.2, 0) is 19.1 Å². The van der Waals surface area contributed by atoms with Crippen molar-refractivity contribution >= 4 is 29.5 Å². The summed E-state index contributed by atoms with van der Waals surface area (Å²) in [6, 6.07) is 0. The maximum Gasteiger partial charge on any atom is 0.230 e. The Balaban J connectivity index is 1.50. The molecular formula is C17H23N3O4S. The first-order valence-electron chi connectivity index (χ1n) is 8.79. The van der Waals surface area contributed by atoms with E-state index in [4.69, 9.17) is 4.74 Å². The standard InChI is InChI=1S/C17H23N3O4S/c1-11(21)18-4-5-20-10-17-3-2-12(24-17)13(14(17)16(20)23)15(22)19-6-8-25-9-7-19/h2-3,12-14H,4-10H2,1H3,(H,18,21)/t12-,13+,14+,17-/m0/s1. The van der Waals surface area contributed by atoms with E-state index in [0.717, 1.165) is 24.6 Å². The topological polar surface area (TPSA) is 79.0 Å². The number of amides is 3. The molecule has 0 aromatic carbocycles. The molecule has 4 rings (SSSR count). The molecule has 4 heterocycles. The molecule has 0 aromatic heterocycles. The van der Waals surface area contributed by atoms with Crippen LogP contribution in [0.2, 0.25) is 0 Å². The Bertz CT molecular complexity index is 633. The van der Waals surface area contributed by atoms with Gasteiger partial charge in [0.25, 0.3) is 0 Å². The summed E-state index contributed by atoms with van der Waals surface area (Å²) in [5, 5.41) is 2.72. The quantitative estimate of drug-likeness (QED) is 0.679. The molecule has 4 atom stereocenters. The maximum atomic E-state index is 13.1. The highest BCUT2D eigenvalue weighted by Gasteiger charge is 2.67. The zero-order valence-electron chi connectivity index (χ0n) is 14.3. The van der Waals surface area contributed by atoms with Crippen molar-refractivity contribution in [2.24, 2.45) is 11.8 Å². The van der Waals surface area contributed by atoms with Crippen molar-refractivity contribution in [2.45, 2.75) is 18.6 Å². The summed E-state index contributed by atoms with van der Waals surface area (Å²) in [5.74, 6) is 0.977. The van der Waals surface area contributed by atoms with Crippen molar-refractivity contribution in [3.63, 3.8) is 0 Å². The van der Waals surface area contributed by atoms with Gasteiger partial charge in [-0.1, -0.05) is 12.2 Å². The van der Waals surface area contributed by atoms with Crippen LogP contribution < -0.4 is 5.32 Å². The molecule has 0 aliphatic carbocycles. The summed E-state index contributed by atoms with van der Waals surface area (Å²) in [6.45, 7) is 4.27. The Morgan fingerprint density at radius 1 is 1.40 bits per heavy atom. The lowest BCUT2D eigenvalue weighted by Gasteiger charge is -2.32. The highest BCUT2D eigenvalue weighted by Crippen LogP contribution is 2.52. The molecule has 0 unspecified atom stereocenters. The van der Waals surface area contributed by atoms with Gasteiger partial charge in [0.1, 0.15) is 5.60 Å². The van der Waals surface area contributed by atoms with Crippen molar-refractivity contribution in [1.29, 1.82) is 0 Å². The number of ether oxygens (including phenoxy) is 1. The smallest absolute Gasteiger partial charge is 0.230 e. The number of carbonyl (C=O) groups is 3. The molecule has 4 aliphatic rings. The van der Waals surface area contributed by atoms with Crippen LogP contribution >= 0.6 is 11.8 Å². The molecule has 4 aliphatic heterocycles. The third-order valence-electron chi connectivity index (χ3n) is 5.54. The minimum absolute atomic E-state index is 0.0260. The number of hydrogen-bond acceptors (Lipinski definition) is 5. The van der Waals surface area contributed by atoms with Gasteiger partial charge < -0.3 is 19.9 Å². The molecule has 3 saturated heterocycles. The van der Waals surface area contributed by atoms with E-state index >= 15 is 0 Å². The van der Waals surface area contributed by atoms with Gasteiger partial charge in [-0.25, -0.2) is 0 Å². The van der Waals surface area contributed by atoms with Gasteiger partial charge in [0, 0.05) is 44.6 Å². The Kier molecular flexibility index (Phi) is 4.27. The van der Waals surface area contributed by atoms with E-state index < -0.39 is 17.4 Å². The molecule has 3 fully saturated rings. The van der Waals surface area contributed by atoms with Crippen LogP contribution in [0.1, 0.15) is 6.92 Å². The monoisotopic (exact) mass is 365 g/mol. The molecule has 7 nitrogen and oxygen atoms in total. The maximum absolute atomic E-state index is 13.1. The summed E-state index contributed by atoms with van der Waals surface area (Å²) in [5.41, 5.74) is -0.664. The molecule has 1 N–H and O–H groups in total. The number of fused-ring (bicyclic) bond motifs is 1. The molecule has 1 spiro atoms. The molecule has 2 bridgehead atoms. The van der Waals surface area contributed by atoms with E-state index in [2.05, 4.69) is 5.32 Å². The number of thioether (sulfide) groups is 1. The second-order valence-corrected chi connectivity index (χ2v) is 8.31. The lowest BCUT2D eigenvalue weighted by molar-refractivity contribution is -0.143. The van der Waals surface area contributed by atoms with Gasteiger partial charge >= 0.3 is 0 Å². The molecule has 0 radical (unpaired) electrons. The largest absolute Gasteiger partial charge is 0.360 e. The third-order valence-corrected chi connectivity index (χ3v) is 6.48. The zero-order chi connectivity index (χ0) is 17.6. The number of rotatable bonds is 4. The first kappa shape index (κ1) is 16.9. The van der Waals surface area contributed by atoms with Gasteiger partial charge in [-0.2, -0.15) is 11.8 Å². The fourth-order valence-electron chi connectivity index (χ4n) is 4.41. The summed E-state index contributed by atoms with van der Waals surface area (Å²) < 4.78 is 6.12. The molecule has 25 heavy (non-hydrogen) atoms. The Morgan fingerprint density at radius 3 is 2.88 bits per heavy atom. The predicted octanol–water partition coefficient (Wildman–Crippen LogP) is -0.520. The first-order chi connectivity index (χ1) is 12.0. The average Bonchev–Trinajstić information content (AvgIpc) is 3.23. The SMILES string of the molecule is CC(=O)NCCN1C[C@]23C=C[C@H](O2)[C@@H](C(=O)N2CCSCC2)[C@@H]3C1=O. The lowest BCUT2D eigenvalue weighted by Crippen LogP contribution is -2.48. The second kappa shape index (κ2) is 6.32. The van der Waals surface area contributed by atoms with Crippen LogP contribution in [0, 0.1) is 11.8 Å². The Labute approximate surface area is 151 Å². The van der Waals surface area contributed by atoms with E-state index in [1.165, 1.54) is 6.92 Å². The van der Waals surface area contributed by atoms with Gasteiger partial charge in [0.05, 0.1) is 24.5 Å². The van der Waals surface area contributed by atoms with Gasteiger partial charge in [-0.05, 0) is 0 Å². The number of likely N-dealkylation sites (tertiary alicyclic amines) is 1. The lowest BCUT2D eigenvalue weighted by atomic mass is 9.76. The highest BCUT2D eigenvalue weighted by atomic mass is 32.2. The molecule has 0 saturated carbocycles. The van der Waals surface area contributed by atoms with E-state index in [1.54, 1.807) is 4.90 Å². The number of nitrogens with one attached hydrogen (secondary N) is 1. The van der Waals surface area contributed by atoms with Crippen molar-refractivity contribution in [1.82, 2.24) is 15.1 Å². The number of carbonyl (C=O) groups excluding carboxylic acids is 3. The Hall–Kier alpha value is -1.54. The molecule has 8 heteroatoms. The minimum Gasteiger partial charge on any atom is -0.360 e. The fraction of sp³-hybridized carbons (Fsp3) is 0.706. The van der Waals surface area contributed by atoms with Crippen molar-refractivity contribution in [3.8, 4) is 0 Å². The van der Waals surface area contributed by atoms with Crippen LogP contribution in [0.3, 0.4) is 0 Å². The van der Waals surface area contributed by atoms with Crippen molar-refractivity contribution in [3.05, 3.63) is 12.2 Å². The molecular weight excluding hydrogens is 342 g/mol. The molecule has 0 aromatic rings. The van der Waals surface area contributed by atoms with Crippen LogP contribution in [-0.4, -0.2) is 83.5 Å². The average molecular weight is 365 g/mol. The van der Waals surface area contributed by atoms with E-state index in [0.29, 0.717) is 19.6 Å². The second-order valence-electron chi connectivity index (χ2n) is 7.08. The van der Waals surface area contributed by atoms with Gasteiger partial charge in [0.15, 0.2) is 0 Å². The van der Waals surface area contributed by atoms with Crippen molar-refractivity contribution in [2.75, 3.05) is 44.2 Å². The third kappa shape index (κ3) is 2.75. The first-order valence-corrected chi connectivity index (χ1v) is 9.94. The molecule has 136 valence electrons. The predicted molar refractivity (Wildman–Crippen MR) is 92.9 cm³/mol. The zero-order valence-corrected chi connectivity index (χ0v) is 15.1. The Morgan fingerprint density at radius 2 is 2.16 bits per heavy atom. The number of hydrogen-bond donors (Lipinski definition) is 1. The minimum atomic E-state index is -0.664. The van der Waals surface area contributed by atoms with Gasteiger partial charge in [0.2, 0.25) is 17.7 Å². The van der Waals surface area contributed by atoms with Crippen LogP contribution in [0.5, 0.6) is 0 Å². The summed E-state index contributed by atoms with van der Waals surface area (Å²) in [6.07, 6.45) is 3.63. The van der Waals surface area contributed by atoms with Crippen LogP contribution in [0.25, 0.3) is 0 Å². The fourth-order valence-corrected chi connectivity index (χ4v) is 5.31. The van der Waals surface area contributed by atoms with Gasteiger partial charge in [-0.15, -0.1) is 0 Å². The highest BCUT2D eigenvalue weighted by molar-refractivity contribution is 7.99. The molecule has 3 amide bonds. The van der Waals surface area contributed by atoms with Crippen molar-refractivity contribution < 1.29 is 19.1 Å². The normalized spacial score (nSPS) is 36.0. The van der Waals surface area contributed by atoms with Crippen LogP contribution in [0.4, 0.5) is 0 Å². The summed E-state index contributed by atoms with van der Waals surface area (Å²) >= 11 is 1.86. The summed E-state index contributed by atoms with van der Waals surface area (Å²) in [4.78, 5) is 40.7.